The molecule has 108 valence electrons. The number of benzene rings is 1. The van der Waals surface area contributed by atoms with Crippen molar-refractivity contribution < 1.29 is 12.8 Å². The van der Waals surface area contributed by atoms with Gasteiger partial charge in [0.05, 0.1) is 18.5 Å². The SMILES string of the molecule is CCN(Cc1ccco1)c1ccc(S(N)(=O)=O)c(N)c1. The summed E-state index contributed by atoms with van der Waals surface area (Å²) in [6, 6.07) is 8.41. The number of rotatable bonds is 5. The van der Waals surface area contributed by atoms with Crippen LogP contribution < -0.4 is 15.8 Å². The standard InChI is InChI=1S/C13H17N3O3S/c1-2-16(9-11-4-3-7-19-11)10-5-6-13(12(14)8-10)20(15,17)18/h3-8H,2,9,14H2,1H3,(H2,15,17,18). The van der Waals surface area contributed by atoms with Crippen LogP contribution in [0.25, 0.3) is 0 Å². The maximum Gasteiger partial charge on any atom is 0.240 e. The molecule has 0 aliphatic rings. The van der Waals surface area contributed by atoms with Gasteiger partial charge in [0.2, 0.25) is 10.0 Å². The van der Waals surface area contributed by atoms with Gasteiger partial charge in [-0.1, -0.05) is 0 Å². The Balaban J connectivity index is 2.29. The Kier molecular flexibility index (Phi) is 4.01. The van der Waals surface area contributed by atoms with E-state index in [1.54, 1.807) is 18.4 Å². The van der Waals surface area contributed by atoms with Crippen LogP contribution >= 0.6 is 0 Å². The van der Waals surface area contributed by atoms with Gasteiger partial charge in [0, 0.05) is 12.2 Å². The average Bonchev–Trinajstić information content (AvgIpc) is 2.87. The van der Waals surface area contributed by atoms with Crippen LogP contribution in [0.1, 0.15) is 12.7 Å². The Morgan fingerprint density at radius 2 is 2.05 bits per heavy atom. The van der Waals surface area contributed by atoms with Gasteiger partial charge in [-0.05, 0) is 37.3 Å². The molecule has 1 aromatic carbocycles. The zero-order valence-corrected chi connectivity index (χ0v) is 11.9. The van der Waals surface area contributed by atoms with Crippen molar-refractivity contribution in [3.8, 4) is 0 Å². The molecule has 2 aromatic rings. The molecule has 20 heavy (non-hydrogen) atoms. The fourth-order valence-corrected chi connectivity index (χ4v) is 2.61. The van der Waals surface area contributed by atoms with Crippen LogP contribution in [0.2, 0.25) is 0 Å². The maximum atomic E-state index is 11.3. The molecule has 0 saturated heterocycles. The van der Waals surface area contributed by atoms with Crippen LogP contribution in [0.5, 0.6) is 0 Å². The van der Waals surface area contributed by atoms with Crippen LogP contribution in [0.15, 0.2) is 45.9 Å². The summed E-state index contributed by atoms with van der Waals surface area (Å²) in [7, 11) is -3.79. The highest BCUT2D eigenvalue weighted by molar-refractivity contribution is 7.89. The van der Waals surface area contributed by atoms with Crippen molar-refractivity contribution >= 4 is 21.4 Å². The highest BCUT2D eigenvalue weighted by Crippen LogP contribution is 2.25. The van der Waals surface area contributed by atoms with E-state index in [-0.39, 0.29) is 10.6 Å². The van der Waals surface area contributed by atoms with Crippen LogP contribution in [0.4, 0.5) is 11.4 Å². The van der Waals surface area contributed by atoms with E-state index in [1.165, 1.54) is 6.07 Å². The molecule has 0 saturated carbocycles. The fourth-order valence-electron chi connectivity index (χ4n) is 1.97. The summed E-state index contributed by atoms with van der Waals surface area (Å²) in [5, 5.41) is 5.09. The molecule has 0 aliphatic heterocycles. The summed E-state index contributed by atoms with van der Waals surface area (Å²) in [5.74, 6) is 0.820. The van der Waals surface area contributed by atoms with Gasteiger partial charge in [-0.3, -0.25) is 0 Å². The quantitative estimate of drug-likeness (QED) is 0.814. The van der Waals surface area contributed by atoms with Crippen molar-refractivity contribution in [2.45, 2.75) is 18.4 Å². The van der Waals surface area contributed by atoms with Crippen LogP contribution in [0.3, 0.4) is 0 Å². The number of anilines is 2. The second-order valence-electron chi connectivity index (χ2n) is 4.36. The van der Waals surface area contributed by atoms with Crippen molar-refractivity contribution in [3.63, 3.8) is 0 Å². The van der Waals surface area contributed by atoms with E-state index in [9.17, 15) is 8.42 Å². The van der Waals surface area contributed by atoms with E-state index in [0.29, 0.717) is 6.54 Å². The van der Waals surface area contributed by atoms with Gasteiger partial charge < -0.3 is 15.1 Å². The van der Waals surface area contributed by atoms with Crippen LogP contribution in [-0.2, 0) is 16.6 Å². The van der Waals surface area contributed by atoms with Crippen molar-refractivity contribution in [2.24, 2.45) is 5.14 Å². The number of furan rings is 1. The number of nitrogens with zero attached hydrogens (tertiary/aromatic N) is 1. The third kappa shape index (κ3) is 3.12. The molecule has 0 aliphatic carbocycles. The van der Waals surface area contributed by atoms with Gasteiger partial charge in [0.1, 0.15) is 10.7 Å². The Hall–Kier alpha value is -1.99. The summed E-state index contributed by atoms with van der Waals surface area (Å²) < 4.78 is 28.0. The molecule has 1 heterocycles. The minimum Gasteiger partial charge on any atom is -0.467 e. The van der Waals surface area contributed by atoms with E-state index >= 15 is 0 Å². The lowest BCUT2D eigenvalue weighted by atomic mass is 10.2. The lowest BCUT2D eigenvalue weighted by Crippen LogP contribution is -2.22. The van der Waals surface area contributed by atoms with Crippen LogP contribution in [0, 0.1) is 0 Å². The van der Waals surface area contributed by atoms with Gasteiger partial charge >= 0.3 is 0 Å². The second-order valence-corrected chi connectivity index (χ2v) is 5.89. The van der Waals surface area contributed by atoms with E-state index < -0.39 is 10.0 Å². The van der Waals surface area contributed by atoms with Crippen LogP contribution in [-0.4, -0.2) is 15.0 Å². The van der Waals surface area contributed by atoms with Gasteiger partial charge in [-0.25, -0.2) is 13.6 Å². The van der Waals surface area contributed by atoms with E-state index in [4.69, 9.17) is 15.3 Å². The van der Waals surface area contributed by atoms with Gasteiger partial charge in [0.25, 0.3) is 0 Å². The Morgan fingerprint density at radius 1 is 1.30 bits per heavy atom. The molecule has 6 nitrogen and oxygen atoms in total. The van der Waals surface area contributed by atoms with E-state index in [0.717, 1.165) is 18.0 Å². The largest absolute Gasteiger partial charge is 0.467 e. The second kappa shape index (κ2) is 5.56. The first-order valence-electron chi connectivity index (χ1n) is 6.11. The highest BCUT2D eigenvalue weighted by atomic mass is 32.2. The number of hydrogen-bond donors (Lipinski definition) is 2. The van der Waals surface area contributed by atoms with Gasteiger partial charge in [-0.15, -0.1) is 0 Å². The minimum atomic E-state index is -3.79. The predicted octanol–water partition coefficient (Wildman–Crippen LogP) is 1.54. The van der Waals surface area contributed by atoms with Crippen molar-refractivity contribution in [3.05, 3.63) is 42.4 Å². The first-order chi connectivity index (χ1) is 9.41. The summed E-state index contributed by atoms with van der Waals surface area (Å²) in [4.78, 5) is 1.96. The topological polar surface area (TPSA) is 103 Å². The minimum absolute atomic E-state index is 0.0599. The Labute approximate surface area is 118 Å². The highest BCUT2D eigenvalue weighted by Gasteiger charge is 2.14. The first-order valence-corrected chi connectivity index (χ1v) is 7.66. The summed E-state index contributed by atoms with van der Waals surface area (Å²) in [6.07, 6.45) is 1.61. The van der Waals surface area contributed by atoms with Crippen molar-refractivity contribution in [1.82, 2.24) is 0 Å². The molecule has 0 bridgehead atoms. The van der Waals surface area contributed by atoms with E-state index in [1.807, 2.05) is 24.0 Å². The number of primary sulfonamides is 1. The normalized spacial score (nSPS) is 11.5. The lowest BCUT2D eigenvalue weighted by molar-refractivity contribution is 0.503. The molecule has 7 heteroatoms. The zero-order valence-electron chi connectivity index (χ0n) is 11.1. The number of hydrogen-bond acceptors (Lipinski definition) is 5. The Bertz CT molecular complexity index is 681. The fraction of sp³-hybridized carbons (Fsp3) is 0.231. The van der Waals surface area contributed by atoms with Crippen molar-refractivity contribution in [1.29, 1.82) is 0 Å². The molecule has 2 rings (SSSR count). The monoisotopic (exact) mass is 295 g/mol. The number of sulfonamides is 1. The zero-order chi connectivity index (χ0) is 14.8. The average molecular weight is 295 g/mol. The molecule has 0 spiro atoms. The van der Waals surface area contributed by atoms with E-state index in [2.05, 4.69) is 0 Å². The number of nitrogen functional groups attached to an aromatic ring is 1. The molecule has 0 fully saturated rings. The van der Waals surface area contributed by atoms with Crippen molar-refractivity contribution in [2.75, 3.05) is 17.2 Å². The molecule has 0 radical (unpaired) electrons. The summed E-state index contributed by atoms with van der Waals surface area (Å²) in [5.41, 5.74) is 6.72. The molecule has 0 amide bonds. The van der Waals surface area contributed by atoms with Gasteiger partial charge in [0.15, 0.2) is 0 Å². The molecular weight excluding hydrogens is 278 g/mol. The Morgan fingerprint density at radius 3 is 2.55 bits per heavy atom. The lowest BCUT2D eigenvalue weighted by Gasteiger charge is -2.22. The third-order valence-corrected chi connectivity index (χ3v) is 3.96. The molecular formula is C13H17N3O3S. The molecule has 1 aromatic heterocycles. The summed E-state index contributed by atoms with van der Waals surface area (Å²) >= 11 is 0. The van der Waals surface area contributed by atoms with Gasteiger partial charge in [-0.2, -0.15) is 0 Å². The molecule has 0 atom stereocenters. The first kappa shape index (κ1) is 14.4. The molecule has 0 unspecified atom stereocenters. The smallest absolute Gasteiger partial charge is 0.240 e. The molecule has 4 N–H and O–H groups in total. The predicted molar refractivity (Wildman–Crippen MR) is 77.7 cm³/mol. The maximum absolute atomic E-state index is 11.3. The summed E-state index contributed by atoms with van der Waals surface area (Å²) in [6.45, 7) is 3.30. The third-order valence-electron chi connectivity index (χ3n) is 2.97. The number of nitrogens with two attached hydrogens (primary N) is 2.